The predicted molar refractivity (Wildman–Crippen MR) is 77.6 cm³/mol. The minimum Gasteiger partial charge on any atom is -0.508 e. The van der Waals surface area contributed by atoms with Crippen LogP contribution in [0.3, 0.4) is 0 Å². The second kappa shape index (κ2) is 4.65. The normalized spacial score (nSPS) is 10.6. The molecule has 1 N–H and O–H groups in total. The molecule has 0 aromatic heterocycles. The van der Waals surface area contributed by atoms with E-state index in [9.17, 15) is 5.11 Å². The first-order chi connectivity index (χ1) is 9.28. The Labute approximate surface area is 111 Å². The van der Waals surface area contributed by atoms with Gasteiger partial charge in [-0.05, 0) is 40.6 Å². The molecule has 19 heavy (non-hydrogen) atoms. The summed E-state index contributed by atoms with van der Waals surface area (Å²) >= 11 is 0. The number of hydrogen-bond acceptors (Lipinski definition) is 2. The molecule has 0 radical (unpaired) electrons. The quantitative estimate of drug-likeness (QED) is 0.737. The zero-order chi connectivity index (χ0) is 13.2. The monoisotopic (exact) mass is 250 g/mol. The van der Waals surface area contributed by atoms with Gasteiger partial charge in [0.2, 0.25) is 0 Å². The maximum Gasteiger partial charge on any atom is 0.126 e. The summed E-state index contributed by atoms with van der Waals surface area (Å²) in [6, 6.07) is 19.5. The number of para-hydroxylation sites is 1. The highest BCUT2D eigenvalue weighted by Gasteiger charge is 2.05. The molecule has 3 aromatic carbocycles. The lowest BCUT2D eigenvalue weighted by molar-refractivity contribution is 0.416. The van der Waals surface area contributed by atoms with Crippen molar-refractivity contribution in [2.75, 3.05) is 7.11 Å². The van der Waals surface area contributed by atoms with Crippen molar-refractivity contribution in [1.29, 1.82) is 0 Å². The van der Waals surface area contributed by atoms with Gasteiger partial charge in [0, 0.05) is 5.56 Å². The highest BCUT2D eigenvalue weighted by molar-refractivity contribution is 5.89. The summed E-state index contributed by atoms with van der Waals surface area (Å²) in [5.74, 6) is 1.15. The Morgan fingerprint density at radius 1 is 0.842 bits per heavy atom. The SMILES string of the molecule is COc1ccccc1-c1ccc2cc(O)ccc2c1. The Kier molecular flexibility index (Phi) is 2.84. The van der Waals surface area contributed by atoms with Gasteiger partial charge in [-0.25, -0.2) is 0 Å². The number of aromatic hydroxyl groups is 1. The standard InChI is InChI=1S/C17H14O2/c1-19-17-5-3-2-4-16(17)14-7-6-13-11-15(18)9-8-12(13)10-14/h2-11,18H,1H3. The Hall–Kier alpha value is -2.48. The molecule has 2 nitrogen and oxygen atoms in total. The molecular formula is C17H14O2. The van der Waals surface area contributed by atoms with Gasteiger partial charge in [-0.3, -0.25) is 0 Å². The molecule has 0 atom stereocenters. The highest BCUT2D eigenvalue weighted by atomic mass is 16.5. The van der Waals surface area contributed by atoms with Crippen molar-refractivity contribution < 1.29 is 9.84 Å². The molecule has 0 saturated heterocycles. The molecule has 3 rings (SSSR count). The molecule has 0 spiro atoms. The molecule has 0 bridgehead atoms. The summed E-state index contributed by atoms with van der Waals surface area (Å²) in [4.78, 5) is 0. The Bertz CT molecular complexity index is 732. The van der Waals surface area contributed by atoms with Crippen LogP contribution in [-0.2, 0) is 0 Å². The molecule has 2 heteroatoms. The third-order valence-electron chi connectivity index (χ3n) is 3.24. The molecule has 3 aromatic rings. The summed E-state index contributed by atoms with van der Waals surface area (Å²) in [5, 5.41) is 11.6. The van der Waals surface area contributed by atoms with Crippen LogP contribution in [0.1, 0.15) is 0 Å². The van der Waals surface area contributed by atoms with E-state index in [1.807, 2.05) is 42.5 Å². The zero-order valence-corrected chi connectivity index (χ0v) is 10.6. The second-order valence-electron chi connectivity index (χ2n) is 4.45. The highest BCUT2D eigenvalue weighted by Crippen LogP contribution is 2.32. The van der Waals surface area contributed by atoms with Crippen molar-refractivity contribution >= 4 is 10.8 Å². The van der Waals surface area contributed by atoms with E-state index in [1.165, 1.54) is 0 Å². The van der Waals surface area contributed by atoms with Crippen LogP contribution < -0.4 is 4.74 Å². The molecule has 94 valence electrons. The van der Waals surface area contributed by atoms with Crippen molar-refractivity contribution in [3.8, 4) is 22.6 Å². The van der Waals surface area contributed by atoms with Crippen LogP contribution in [0.4, 0.5) is 0 Å². The lowest BCUT2D eigenvalue weighted by Gasteiger charge is -2.09. The third kappa shape index (κ3) is 2.13. The van der Waals surface area contributed by atoms with Crippen LogP contribution in [0, 0.1) is 0 Å². The Balaban J connectivity index is 2.18. The average molecular weight is 250 g/mol. The maximum absolute atomic E-state index is 9.48. The maximum atomic E-state index is 9.48. The van der Waals surface area contributed by atoms with Gasteiger partial charge in [0.1, 0.15) is 11.5 Å². The van der Waals surface area contributed by atoms with E-state index in [1.54, 1.807) is 19.2 Å². The van der Waals surface area contributed by atoms with E-state index in [-0.39, 0.29) is 5.75 Å². The first kappa shape index (κ1) is 11.6. The van der Waals surface area contributed by atoms with E-state index in [0.29, 0.717) is 0 Å². The third-order valence-corrected chi connectivity index (χ3v) is 3.24. The van der Waals surface area contributed by atoms with Gasteiger partial charge >= 0.3 is 0 Å². The number of methoxy groups -OCH3 is 1. The summed E-state index contributed by atoms with van der Waals surface area (Å²) in [5.41, 5.74) is 2.18. The number of fused-ring (bicyclic) bond motifs is 1. The molecule has 0 fully saturated rings. The molecule has 0 saturated carbocycles. The number of rotatable bonds is 2. The molecule has 0 unspecified atom stereocenters. The minimum absolute atomic E-state index is 0.289. The molecule has 0 aliphatic carbocycles. The van der Waals surface area contributed by atoms with Gasteiger partial charge in [-0.2, -0.15) is 0 Å². The summed E-state index contributed by atoms with van der Waals surface area (Å²) in [7, 11) is 1.68. The van der Waals surface area contributed by atoms with E-state index < -0.39 is 0 Å². The number of phenols is 1. The molecule has 0 aliphatic rings. The fourth-order valence-electron chi connectivity index (χ4n) is 2.28. The van der Waals surface area contributed by atoms with Crippen molar-refractivity contribution in [3.05, 3.63) is 60.7 Å². The number of phenolic OH excluding ortho intramolecular Hbond substituents is 1. The Morgan fingerprint density at radius 3 is 2.42 bits per heavy atom. The lowest BCUT2D eigenvalue weighted by atomic mass is 10.0. The van der Waals surface area contributed by atoms with Crippen LogP contribution in [0.2, 0.25) is 0 Å². The van der Waals surface area contributed by atoms with Gasteiger partial charge in [0.25, 0.3) is 0 Å². The summed E-state index contributed by atoms with van der Waals surface area (Å²) in [6.07, 6.45) is 0. The molecular weight excluding hydrogens is 236 g/mol. The fraction of sp³-hybridized carbons (Fsp3) is 0.0588. The van der Waals surface area contributed by atoms with E-state index in [4.69, 9.17) is 4.74 Å². The number of benzene rings is 3. The number of ether oxygens (including phenoxy) is 1. The van der Waals surface area contributed by atoms with Gasteiger partial charge in [-0.1, -0.05) is 36.4 Å². The van der Waals surface area contributed by atoms with Crippen molar-refractivity contribution in [2.45, 2.75) is 0 Å². The second-order valence-corrected chi connectivity index (χ2v) is 4.45. The minimum atomic E-state index is 0.289. The summed E-state index contributed by atoms with van der Waals surface area (Å²) in [6.45, 7) is 0. The predicted octanol–water partition coefficient (Wildman–Crippen LogP) is 4.22. The first-order valence-corrected chi connectivity index (χ1v) is 6.14. The molecule has 0 amide bonds. The topological polar surface area (TPSA) is 29.5 Å². The number of hydrogen-bond donors (Lipinski definition) is 1. The molecule has 0 heterocycles. The van der Waals surface area contributed by atoms with Crippen molar-refractivity contribution in [3.63, 3.8) is 0 Å². The first-order valence-electron chi connectivity index (χ1n) is 6.14. The van der Waals surface area contributed by atoms with Crippen LogP contribution >= 0.6 is 0 Å². The van der Waals surface area contributed by atoms with Crippen LogP contribution in [-0.4, -0.2) is 12.2 Å². The van der Waals surface area contributed by atoms with Crippen LogP contribution in [0.5, 0.6) is 11.5 Å². The van der Waals surface area contributed by atoms with Crippen molar-refractivity contribution in [1.82, 2.24) is 0 Å². The van der Waals surface area contributed by atoms with Crippen LogP contribution in [0.15, 0.2) is 60.7 Å². The van der Waals surface area contributed by atoms with Gasteiger partial charge in [0.15, 0.2) is 0 Å². The van der Waals surface area contributed by atoms with Gasteiger partial charge in [-0.15, -0.1) is 0 Å². The van der Waals surface area contributed by atoms with E-state index in [0.717, 1.165) is 27.6 Å². The van der Waals surface area contributed by atoms with E-state index in [2.05, 4.69) is 6.07 Å². The largest absolute Gasteiger partial charge is 0.508 e. The van der Waals surface area contributed by atoms with Gasteiger partial charge < -0.3 is 9.84 Å². The molecule has 0 aliphatic heterocycles. The average Bonchev–Trinajstić information content (AvgIpc) is 2.46. The fourth-order valence-corrected chi connectivity index (χ4v) is 2.28. The van der Waals surface area contributed by atoms with Gasteiger partial charge in [0.05, 0.1) is 7.11 Å². The van der Waals surface area contributed by atoms with Crippen LogP contribution in [0.25, 0.3) is 21.9 Å². The smallest absolute Gasteiger partial charge is 0.126 e. The zero-order valence-electron chi connectivity index (χ0n) is 10.6. The summed E-state index contributed by atoms with van der Waals surface area (Å²) < 4.78 is 5.39. The Morgan fingerprint density at radius 2 is 1.58 bits per heavy atom. The van der Waals surface area contributed by atoms with E-state index >= 15 is 0 Å². The lowest BCUT2D eigenvalue weighted by Crippen LogP contribution is -1.87. The van der Waals surface area contributed by atoms with Crippen molar-refractivity contribution in [2.24, 2.45) is 0 Å².